The Bertz CT molecular complexity index is 1230. The Kier molecular flexibility index (Phi) is 8.09. The largest absolute Gasteiger partial charge is 0.497 e. The second kappa shape index (κ2) is 11.0. The summed E-state index contributed by atoms with van der Waals surface area (Å²) in [6.45, 7) is 6.38. The molecular formula is C27H29N3O4S. The first kappa shape index (κ1) is 25.7. The van der Waals surface area contributed by atoms with Crippen LogP contribution in [-0.4, -0.2) is 31.1 Å². The summed E-state index contributed by atoms with van der Waals surface area (Å²) < 4.78 is 10.4. The lowest BCUT2D eigenvalue weighted by atomic mass is 9.87. The van der Waals surface area contributed by atoms with Crippen molar-refractivity contribution in [3.63, 3.8) is 0 Å². The lowest BCUT2D eigenvalue weighted by Crippen LogP contribution is -2.34. The molecule has 35 heavy (non-hydrogen) atoms. The van der Waals surface area contributed by atoms with Crippen LogP contribution in [0.15, 0.2) is 66.7 Å². The van der Waals surface area contributed by atoms with E-state index in [1.807, 2.05) is 24.3 Å². The minimum absolute atomic E-state index is 0.0152. The second-order valence-corrected chi connectivity index (χ2v) is 9.24. The first-order valence-electron chi connectivity index (χ1n) is 11.0. The van der Waals surface area contributed by atoms with E-state index in [4.69, 9.17) is 21.7 Å². The van der Waals surface area contributed by atoms with Crippen molar-refractivity contribution in [1.29, 1.82) is 0 Å². The van der Waals surface area contributed by atoms with Crippen LogP contribution in [0.5, 0.6) is 11.5 Å². The van der Waals surface area contributed by atoms with Crippen LogP contribution in [0.2, 0.25) is 0 Å². The highest BCUT2D eigenvalue weighted by Crippen LogP contribution is 2.25. The molecule has 0 aliphatic carbocycles. The predicted molar refractivity (Wildman–Crippen MR) is 143 cm³/mol. The fourth-order valence-electron chi connectivity index (χ4n) is 3.32. The Labute approximate surface area is 210 Å². The molecule has 0 spiro atoms. The van der Waals surface area contributed by atoms with E-state index >= 15 is 0 Å². The molecule has 0 radical (unpaired) electrons. The number of benzene rings is 3. The molecule has 3 aromatic carbocycles. The molecule has 0 fully saturated rings. The molecule has 3 N–H and O–H groups in total. The third-order valence-electron chi connectivity index (χ3n) is 5.27. The number of carbonyl (C=O) groups is 2. The topological polar surface area (TPSA) is 88.7 Å². The average molecular weight is 492 g/mol. The lowest BCUT2D eigenvalue weighted by molar-refractivity contribution is 0.0973. The molecule has 0 aliphatic heterocycles. The summed E-state index contributed by atoms with van der Waals surface area (Å²) in [4.78, 5) is 25.3. The van der Waals surface area contributed by atoms with Crippen LogP contribution in [0.4, 0.5) is 11.4 Å². The zero-order valence-corrected chi connectivity index (χ0v) is 21.2. The monoisotopic (exact) mass is 491 g/mol. The molecule has 0 heterocycles. The van der Waals surface area contributed by atoms with Gasteiger partial charge in [0.2, 0.25) is 0 Å². The Morgan fingerprint density at radius 3 is 2.06 bits per heavy atom. The van der Waals surface area contributed by atoms with E-state index in [2.05, 4.69) is 36.7 Å². The van der Waals surface area contributed by atoms with Crippen molar-refractivity contribution in [2.75, 3.05) is 24.9 Å². The van der Waals surface area contributed by atoms with Crippen LogP contribution in [0.25, 0.3) is 0 Å². The van der Waals surface area contributed by atoms with Gasteiger partial charge < -0.3 is 20.1 Å². The van der Waals surface area contributed by atoms with E-state index in [1.165, 1.54) is 14.2 Å². The van der Waals surface area contributed by atoms with E-state index in [1.54, 1.807) is 42.5 Å². The second-order valence-electron chi connectivity index (χ2n) is 8.84. The number of ether oxygens (including phenoxy) is 2. The highest BCUT2D eigenvalue weighted by molar-refractivity contribution is 7.80. The number of nitrogens with one attached hydrogen (secondary N) is 3. The minimum atomic E-state index is -0.426. The molecule has 7 nitrogen and oxygen atoms in total. The van der Waals surface area contributed by atoms with Gasteiger partial charge in [-0.3, -0.25) is 14.9 Å². The molecule has 3 rings (SSSR count). The summed E-state index contributed by atoms with van der Waals surface area (Å²) in [5, 5.41) is 8.59. The summed E-state index contributed by atoms with van der Waals surface area (Å²) in [7, 11) is 3.01. The maximum Gasteiger partial charge on any atom is 0.261 e. The smallest absolute Gasteiger partial charge is 0.261 e. The Hall–Kier alpha value is -3.91. The van der Waals surface area contributed by atoms with E-state index < -0.39 is 5.91 Å². The molecule has 0 saturated carbocycles. The van der Waals surface area contributed by atoms with Crippen molar-refractivity contribution in [1.82, 2.24) is 5.32 Å². The summed E-state index contributed by atoms with van der Waals surface area (Å²) >= 11 is 5.29. The number of amides is 2. The minimum Gasteiger partial charge on any atom is -0.497 e. The summed E-state index contributed by atoms with van der Waals surface area (Å²) in [6.07, 6.45) is 0. The molecule has 182 valence electrons. The van der Waals surface area contributed by atoms with Gasteiger partial charge in [-0.15, -0.1) is 0 Å². The van der Waals surface area contributed by atoms with Crippen molar-refractivity contribution in [3.8, 4) is 11.5 Å². The quantitative estimate of drug-likeness (QED) is 0.401. The fraction of sp³-hybridized carbons (Fsp3) is 0.222. The molecule has 8 heteroatoms. The van der Waals surface area contributed by atoms with Gasteiger partial charge in [0.1, 0.15) is 11.5 Å². The summed E-state index contributed by atoms with van der Waals surface area (Å²) in [6, 6.07) is 19.5. The Morgan fingerprint density at radius 1 is 0.800 bits per heavy atom. The van der Waals surface area contributed by atoms with Crippen LogP contribution >= 0.6 is 12.2 Å². The van der Waals surface area contributed by atoms with Gasteiger partial charge in [0.05, 0.1) is 19.8 Å². The third kappa shape index (κ3) is 6.80. The maximum absolute atomic E-state index is 12.7. The molecule has 0 saturated heterocycles. The molecule has 0 aliphatic rings. The van der Waals surface area contributed by atoms with E-state index in [-0.39, 0.29) is 16.4 Å². The number of carbonyl (C=O) groups excluding carboxylic acids is 2. The van der Waals surface area contributed by atoms with E-state index in [0.717, 1.165) is 5.56 Å². The van der Waals surface area contributed by atoms with Gasteiger partial charge in [0, 0.05) is 23.0 Å². The Balaban J connectivity index is 1.63. The molecular weight excluding hydrogens is 462 g/mol. The molecule has 0 atom stereocenters. The number of methoxy groups -OCH3 is 2. The Morgan fingerprint density at radius 2 is 1.46 bits per heavy atom. The molecule has 3 aromatic rings. The van der Waals surface area contributed by atoms with Gasteiger partial charge in [-0.1, -0.05) is 39.0 Å². The van der Waals surface area contributed by atoms with Crippen LogP contribution in [0, 0.1) is 0 Å². The molecule has 0 unspecified atom stereocenters. The van der Waals surface area contributed by atoms with Gasteiger partial charge in [-0.05, 0) is 65.7 Å². The molecule has 0 bridgehead atoms. The standard InChI is InChI=1S/C27H29N3O4S/c1-27(2,3)18-11-9-17(10-12-18)24(31)28-19-7-6-8-20(15-19)29-26(35)30-25(32)22-14-13-21(33-4)16-23(22)34-5/h6-16H,1-5H3,(H,28,31)(H2,29,30,32,35). The van der Waals surface area contributed by atoms with Gasteiger partial charge in [-0.2, -0.15) is 0 Å². The van der Waals surface area contributed by atoms with Gasteiger partial charge in [-0.25, -0.2) is 0 Å². The highest BCUT2D eigenvalue weighted by Gasteiger charge is 2.16. The number of hydrogen-bond acceptors (Lipinski definition) is 5. The molecule has 2 amide bonds. The fourth-order valence-corrected chi connectivity index (χ4v) is 3.53. The van der Waals surface area contributed by atoms with E-state index in [9.17, 15) is 9.59 Å². The zero-order chi connectivity index (χ0) is 25.6. The number of anilines is 2. The predicted octanol–water partition coefficient (Wildman–Crippen LogP) is 5.38. The first-order valence-corrected chi connectivity index (χ1v) is 11.4. The molecule has 0 aromatic heterocycles. The SMILES string of the molecule is COc1ccc(C(=O)NC(=S)Nc2cccc(NC(=O)c3ccc(C(C)(C)C)cc3)c2)c(OC)c1. The van der Waals surface area contributed by atoms with E-state index in [0.29, 0.717) is 34.0 Å². The number of rotatable bonds is 6. The zero-order valence-electron chi connectivity index (χ0n) is 20.4. The van der Waals surface area contributed by atoms with Crippen molar-refractivity contribution in [2.24, 2.45) is 0 Å². The van der Waals surface area contributed by atoms with Gasteiger partial charge >= 0.3 is 0 Å². The first-order chi connectivity index (χ1) is 16.6. The highest BCUT2D eigenvalue weighted by atomic mass is 32.1. The van der Waals surface area contributed by atoms with Crippen molar-refractivity contribution >= 4 is 40.5 Å². The van der Waals surface area contributed by atoms with Crippen LogP contribution in [-0.2, 0) is 5.41 Å². The number of thiocarbonyl (C=S) groups is 1. The maximum atomic E-state index is 12.7. The van der Waals surface area contributed by atoms with Crippen LogP contribution in [0.1, 0.15) is 47.1 Å². The van der Waals surface area contributed by atoms with Crippen molar-refractivity contribution in [2.45, 2.75) is 26.2 Å². The number of hydrogen-bond donors (Lipinski definition) is 3. The van der Waals surface area contributed by atoms with Gasteiger partial charge in [0.15, 0.2) is 5.11 Å². The van der Waals surface area contributed by atoms with Crippen LogP contribution in [0.3, 0.4) is 0 Å². The van der Waals surface area contributed by atoms with Gasteiger partial charge in [0.25, 0.3) is 11.8 Å². The normalized spacial score (nSPS) is 10.8. The van der Waals surface area contributed by atoms with Crippen molar-refractivity contribution in [3.05, 3.63) is 83.4 Å². The summed E-state index contributed by atoms with van der Waals surface area (Å²) in [5.74, 6) is 0.295. The van der Waals surface area contributed by atoms with Crippen molar-refractivity contribution < 1.29 is 19.1 Å². The third-order valence-corrected chi connectivity index (χ3v) is 5.48. The summed E-state index contributed by atoms with van der Waals surface area (Å²) in [5.41, 5.74) is 3.25. The lowest BCUT2D eigenvalue weighted by Gasteiger charge is -2.19. The van der Waals surface area contributed by atoms with Crippen LogP contribution < -0.4 is 25.4 Å². The average Bonchev–Trinajstić information content (AvgIpc) is 2.83.